The number of nitrogens with zero attached hydrogens (tertiary/aromatic N) is 4. The number of nitrogens with one attached hydrogen (secondary N) is 1. The van der Waals surface area contributed by atoms with Crippen molar-refractivity contribution in [2.75, 3.05) is 38.7 Å². The molecule has 0 radical (unpaired) electrons. The van der Waals surface area contributed by atoms with Crippen LogP contribution in [0.2, 0.25) is 0 Å². The lowest BCUT2D eigenvalue weighted by molar-refractivity contribution is -0.254. The van der Waals surface area contributed by atoms with Crippen LogP contribution in [0.15, 0.2) is 11.6 Å². The molecule has 0 aromatic carbocycles. The van der Waals surface area contributed by atoms with Gasteiger partial charge in [0.05, 0.1) is 31.8 Å². The standard InChI is InChI=1S/C40H68N6O5/c1-24(2)26(5)35(6)16-17-37(8)27-12-13-30-36(7)21-50-23-40(30,28(27)14-15-38(37,9)31(35)33(48)49)20-29(46-44-34(41)43-45-46)32(36)51-22-39(10,25(3)4)42-18-11-19-47/h14,24-27,29-32,42,47H,11-13,15-23H2,1-10H3,(H2,41,44)(H,48,49)/t26-,27+,29-,30+,31-,32+,35-,36+,37-,38+,39+,40?/m1/s1. The van der Waals surface area contributed by atoms with Crippen LogP contribution in [0.3, 0.4) is 0 Å². The van der Waals surface area contributed by atoms with E-state index in [9.17, 15) is 15.0 Å². The third-order valence-electron chi connectivity index (χ3n) is 16.5. The Labute approximate surface area is 306 Å². The number of ether oxygens (including phenoxy) is 2. The van der Waals surface area contributed by atoms with Crippen molar-refractivity contribution in [3.8, 4) is 0 Å². The molecule has 5 N–H and O–H groups in total. The Morgan fingerprint density at radius 1 is 1.14 bits per heavy atom. The number of nitrogen functional groups attached to an aromatic ring is 1. The predicted octanol–water partition coefficient (Wildman–Crippen LogP) is 6.16. The molecule has 11 heteroatoms. The number of carbonyl (C=O) groups is 1. The van der Waals surface area contributed by atoms with Crippen LogP contribution in [0.4, 0.5) is 5.95 Å². The van der Waals surface area contributed by atoms with E-state index in [-0.39, 0.29) is 63.2 Å². The summed E-state index contributed by atoms with van der Waals surface area (Å²) in [5.74, 6) is 0.689. The second-order valence-electron chi connectivity index (χ2n) is 19.4. The summed E-state index contributed by atoms with van der Waals surface area (Å²) < 4.78 is 13.9. The number of aliphatic hydroxyl groups excluding tert-OH is 1. The molecule has 5 aliphatic rings. The molecule has 4 fully saturated rings. The number of hydrogen-bond acceptors (Lipinski definition) is 9. The molecule has 1 aromatic heterocycles. The molecule has 6 rings (SSSR count). The number of allylic oxidation sites excluding steroid dienone is 1. The Kier molecular flexibility index (Phi) is 10.1. The number of nitrogens with two attached hydrogens (primary N) is 1. The van der Waals surface area contributed by atoms with E-state index in [1.807, 2.05) is 0 Å². The molecule has 11 nitrogen and oxygen atoms in total. The number of tetrazole rings is 1. The Balaban J connectivity index is 1.41. The highest BCUT2D eigenvalue weighted by molar-refractivity contribution is 5.73. The Bertz CT molecular complexity index is 1480. The molecule has 4 aliphatic carbocycles. The summed E-state index contributed by atoms with van der Waals surface area (Å²) in [5.41, 5.74) is 5.88. The average Bonchev–Trinajstić information content (AvgIpc) is 3.49. The minimum atomic E-state index is -0.637. The first-order chi connectivity index (χ1) is 23.8. The number of hydrogen-bond donors (Lipinski definition) is 4. The fraction of sp³-hybridized carbons (Fsp3) is 0.900. The second-order valence-corrected chi connectivity index (χ2v) is 19.4. The van der Waals surface area contributed by atoms with Crippen LogP contribution in [-0.2, 0) is 14.3 Å². The third-order valence-corrected chi connectivity index (χ3v) is 16.5. The second kappa shape index (κ2) is 13.3. The van der Waals surface area contributed by atoms with Crippen molar-refractivity contribution >= 4 is 11.9 Å². The van der Waals surface area contributed by atoms with Crippen LogP contribution in [0.25, 0.3) is 0 Å². The summed E-state index contributed by atoms with van der Waals surface area (Å²) in [6.45, 7) is 25.3. The van der Waals surface area contributed by atoms with Gasteiger partial charge in [0.2, 0.25) is 0 Å². The summed E-state index contributed by atoms with van der Waals surface area (Å²) in [4.78, 5) is 15.2. The van der Waals surface area contributed by atoms with Crippen molar-refractivity contribution in [2.45, 2.75) is 132 Å². The Morgan fingerprint density at radius 2 is 1.86 bits per heavy atom. The quantitative estimate of drug-likeness (QED) is 0.146. The van der Waals surface area contributed by atoms with Crippen LogP contribution >= 0.6 is 0 Å². The molecular weight excluding hydrogens is 644 g/mol. The molecule has 0 spiro atoms. The lowest BCUT2D eigenvalue weighted by Gasteiger charge is -2.71. The van der Waals surface area contributed by atoms with Gasteiger partial charge in [-0.15, -0.1) is 5.10 Å². The van der Waals surface area contributed by atoms with Crippen molar-refractivity contribution in [3.63, 3.8) is 0 Å². The van der Waals surface area contributed by atoms with Gasteiger partial charge in [0.25, 0.3) is 5.95 Å². The van der Waals surface area contributed by atoms with E-state index in [0.29, 0.717) is 56.5 Å². The number of aliphatic hydroxyl groups is 1. The lowest BCUT2D eigenvalue weighted by atomic mass is 9.34. The minimum Gasteiger partial charge on any atom is -0.481 e. The number of carboxylic acid groups (broad SMARTS) is 1. The number of fused-ring (bicyclic) bond motifs is 3. The fourth-order valence-electron chi connectivity index (χ4n) is 12.6. The molecule has 1 saturated heterocycles. The first-order valence-corrected chi connectivity index (χ1v) is 19.9. The summed E-state index contributed by atoms with van der Waals surface area (Å²) in [5, 5.41) is 37.4. The number of carboxylic acids is 1. The van der Waals surface area contributed by atoms with E-state index in [4.69, 9.17) is 15.2 Å². The van der Waals surface area contributed by atoms with Crippen LogP contribution in [0.1, 0.15) is 120 Å². The zero-order chi connectivity index (χ0) is 37.4. The third kappa shape index (κ3) is 5.72. The summed E-state index contributed by atoms with van der Waals surface area (Å²) in [7, 11) is 0. The van der Waals surface area contributed by atoms with E-state index in [1.54, 1.807) is 4.80 Å². The van der Waals surface area contributed by atoms with E-state index in [0.717, 1.165) is 38.5 Å². The first-order valence-electron chi connectivity index (χ1n) is 19.9. The molecule has 3 saturated carbocycles. The summed E-state index contributed by atoms with van der Waals surface area (Å²) in [6, 6.07) is -0.206. The minimum absolute atomic E-state index is 0.147. The zero-order valence-corrected chi connectivity index (χ0v) is 33.2. The molecule has 51 heavy (non-hydrogen) atoms. The Hall–Kier alpha value is -2.08. The average molecular weight is 713 g/mol. The highest BCUT2D eigenvalue weighted by Gasteiger charge is 2.72. The van der Waals surface area contributed by atoms with Gasteiger partial charge in [-0.1, -0.05) is 79.1 Å². The van der Waals surface area contributed by atoms with Crippen molar-refractivity contribution in [3.05, 3.63) is 11.6 Å². The fourth-order valence-corrected chi connectivity index (χ4v) is 12.6. The maximum absolute atomic E-state index is 13.5. The van der Waals surface area contributed by atoms with Gasteiger partial charge in [0, 0.05) is 23.0 Å². The zero-order valence-electron chi connectivity index (χ0n) is 33.2. The van der Waals surface area contributed by atoms with Crippen LogP contribution in [0, 0.1) is 62.6 Å². The van der Waals surface area contributed by atoms with Crippen molar-refractivity contribution in [2.24, 2.45) is 62.6 Å². The largest absolute Gasteiger partial charge is 0.481 e. The van der Waals surface area contributed by atoms with E-state index < -0.39 is 11.9 Å². The van der Waals surface area contributed by atoms with Crippen LogP contribution < -0.4 is 11.1 Å². The van der Waals surface area contributed by atoms with Gasteiger partial charge in [0.15, 0.2) is 0 Å². The maximum Gasteiger partial charge on any atom is 0.307 e. The molecule has 12 atom stereocenters. The van der Waals surface area contributed by atoms with Gasteiger partial charge in [0.1, 0.15) is 6.04 Å². The van der Waals surface area contributed by atoms with Gasteiger partial charge < -0.3 is 30.7 Å². The topological polar surface area (TPSA) is 158 Å². The number of anilines is 1. The molecule has 0 amide bonds. The van der Waals surface area contributed by atoms with Gasteiger partial charge in [-0.25, -0.2) is 0 Å². The van der Waals surface area contributed by atoms with Gasteiger partial charge in [-0.3, -0.25) is 4.79 Å². The molecular formula is C40H68N6O5. The molecule has 1 aliphatic heterocycles. The number of aromatic nitrogens is 4. The van der Waals surface area contributed by atoms with Gasteiger partial charge >= 0.3 is 5.97 Å². The normalized spacial score (nSPS) is 42.4. The van der Waals surface area contributed by atoms with Crippen molar-refractivity contribution in [1.29, 1.82) is 0 Å². The monoisotopic (exact) mass is 713 g/mol. The highest BCUT2D eigenvalue weighted by atomic mass is 16.5. The number of rotatable bonds is 12. The van der Waals surface area contributed by atoms with E-state index in [2.05, 4.69) is 96.0 Å². The highest BCUT2D eigenvalue weighted by Crippen LogP contribution is 2.75. The van der Waals surface area contributed by atoms with E-state index in [1.165, 1.54) is 5.57 Å². The Morgan fingerprint density at radius 3 is 2.47 bits per heavy atom. The van der Waals surface area contributed by atoms with Crippen LogP contribution in [0.5, 0.6) is 0 Å². The lowest BCUT2D eigenvalue weighted by Crippen LogP contribution is -2.69. The molecule has 2 heterocycles. The summed E-state index contributed by atoms with van der Waals surface area (Å²) >= 11 is 0. The van der Waals surface area contributed by atoms with Crippen LogP contribution in [-0.4, -0.2) is 81.0 Å². The molecule has 2 bridgehead atoms. The van der Waals surface area contributed by atoms with Crippen molar-refractivity contribution in [1.82, 2.24) is 25.5 Å². The molecule has 1 aromatic rings. The first kappa shape index (κ1) is 38.6. The summed E-state index contributed by atoms with van der Waals surface area (Å²) in [6.07, 6.45) is 8.46. The van der Waals surface area contributed by atoms with Gasteiger partial charge in [-0.2, -0.15) is 4.80 Å². The van der Waals surface area contributed by atoms with Crippen molar-refractivity contribution < 1.29 is 24.5 Å². The molecule has 1 unspecified atom stereocenters. The SMILES string of the molecule is CC(C)[C@@H](C)[C@@]1(C)CC[C@]2(C)[C@H]3CC[C@@H]4C5(COC[C@]4(C)[C@@H](OC[C@](C)(NCCCO)C(C)C)[C@H](n4nnc(N)n4)C5)C3=CC[C@@]2(C)[C@@H]1C(=O)O. The number of aliphatic carboxylic acids is 1. The van der Waals surface area contributed by atoms with Gasteiger partial charge in [-0.05, 0) is 109 Å². The van der Waals surface area contributed by atoms with E-state index >= 15 is 0 Å². The smallest absolute Gasteiger partial charge is 0.307 e. The predicted molar refractivity (Wildman–Crippen MR) is 198 cm³/mol. The molecule has 288 valence electrons. The maximum atomic E-state index is 13.5.